The molecule has 114 valence electrons. The van der Waals surface area contributed by atoms with Crippen LogP contribution in [0, 0.1) is 5.82 Å². The molecule has 3 nitrogen and oxygen atoms in total. The zero-order valence-electron chi connectivity index (χ0n) is 12.0. The van der Waals surface area contributed by atoms with E-state index in [1.54, 1.807) is 17.4 Å². The van der Waals surface area contributed by atoms with E-state index in [4.69, 9.17) is 4.74 Å². The van der Waals surface area contributed by atoms with E-state index in [2.05, 4.69) is 5.32 Å². The number of thiophene rings is 1. The predicted octanol–water partition coefficient (Wildman–Crippen LogP) is 3.12. The summed E-state index contributed by atoms with van der Waals surface area (Å²) < 4.78 is 18.6. The molecule has 5 heteroatoms. The lowest BCUT2D eigenvalue weighted by Crippen LogP contribution is -2.32. The number of nitrogens with one attached hydrogen (secondary N) is 1. The Balaban J connectivity index is 1.67. The molecule has 1 heterocycles. The third-order valence-electron chi connectivity index (χ3n) is 3.14. The highest BCUT2D eigenvalue weighted by Crippen LogP contribution is 2.13. The highest BCUT2D eigenvalue weighted by Gasteiger charge is 2.09. The highest BCUT2D eigenvalue weighted by molar-refractivity contribution is 7.09. The first-order valence-electron chi connectivity index (χ1n) is 6.92. The molecule has 0 fully saturated rings. The van der Waals surface area contributed by atoms with Gasteiger partial charge < -0.3 is 15.2 Å². The van der Waals surface area contributed by atoms with Gasteiger partial charge in [0.25, 0.3) is 0 Å². The Morgan fingerprint density at radius 3 is 2.90 bits per heavy atom. The van der Waals surface area contributed by atoms with Crippen LogP contribution in [0.4, 0.5) is 4.39 Å². The summed E-state index contributed by atoms with van der Waals surface area (Å²) in [6.07, 6.45) is -0.582. The van der Waals surface area contributed by atoms with Gasteiger partial charge in [0.1, 0.15) is 5.82 Å². The lowest BCUT2D eigenvalue weighted by Gasteiger charge is -2.17. The number of ether oxygens (including phenoxy) is 1. The van der Waals surface area contributed by atoms with Crippen LogP contribution < -0.4 is 5.32 Å². The Bertz CT molecular complexity index is 533. The second-order valence-electron chi connectivity index (χ2n) is 4.93. The maximum Gasteiger partial charge on any atom is 0.123 e. The van der Waals surface area contributed by atoms with Gasteiger partial charge in [-0.05, 0) is 36.1 Å². The monoisotopic (exact) mass is 309 g/mol. The lowest BCUT2D eigenvalue weighted by atomic mass is 10.1. The highest BCUT2D eigenvalue weighted by atomic mass is 32.1. The van der Waals surface area contributed by atoms with Crippen molar-refractivity contribution in [1.82, 2.24) is 5.32 Å². The topological polar surface area (TPSA) is 41.5 Å². The van der Waals surface area contributed by atoms with Crippen molar-refractivity contribution < 1.29 is 14.2 Å². The lowest BCUT2D eigenvalue weighted by molar-refractivity contribution is 0.0288. The first-order valence-corrected chi connectivity index (χ1v) is 7.80. The number of aliphatic hydroxyl groups is 1. The van der Waals surface area contributed by atoms with Crippen LogP contribution in [0.2, 0.25) is 0 Å². The Morgan fingerprint density at radius 2 is 2.19 bits per heavy atom. The van der Waals surface area contributed by atoms with E-state index >= 15 is 0 Å². The first-order chi connectivity index (χ1) is 10.1. The molecular formula is C16H20FNO2S. The minimum Gasteiger partial charge on any atom is -0.389 e. The Labute approximate surface area is 128 Å². The average molecular weight is 309 g/mol. The van der Waals surface area contributed by atoms with Crippen molar-refractivity contribution in [3.8, 4) is 0 Å². The summed E-state index contributed by atoms with van der Waals surface area (Å²) in [5.74, 6) is -0.249. The molecule has 2 N–H and O–H groups in total. The van der Waals surface area contributed by atoms with Crippen molar-refractivity contribution in [3.63, 3.8) is 0 Å². The molecule has 2 atom stereocenters. The largest absolute Gasteiger partial charge is 0.389 e. The van der Waals surface area contributed by atoms with Gasteiger partial charge in [0, 0.05) is 17.5 Å². The van der Waals surface area contributed by atoms with E-state index in [-0.39, 0.29) is 18.5 Å². The van der Waals surface area contributed by atoms with Crippen LogP contribution in [0.5, 0.6) is 0 Å². The molecule has 0 saturated carbocycles. The molecule has 21 heavy (non-hydrogen) atoms. The molecule has 0 radical (unpaired) electrons. The summed E-state index contributed by atoms with van der Waals surface area (Å²) in [7, 11) is 0. The Hall–Kier alpha value is -1.27. The molecule has 0 aliphatic heterocycles. The molecule has 1 unspecified atom stereocenters. The second-order valence-corrected chi connectivity index (χ2v) is 5.97. The number of hydrogen-bond acceptors (Lipinski definition) is 4. The summed E-state index contributed by atoms with van der Waals surface area (Å²) >= 11 is 1.63. The van der Waals surface area contributed by atoms with E-state index in [9.17, 15) is 9.50 Å². The van der Waals surface area contributed by atoms with Gasteiger partial charge in [-0.1, -0.05) is 18.2 Å². The minimum absolute atomic E-state index is 0.0207. The molecule has 1 aromatic heterocycles. The van der Waals surface area contributed by atoms with Crippen molar-refractivity contribution in [2.75, 3.05) is 13.2 Å². The van der Waals surface area contributed by atoms with Crippen LogP contribution in [0.1, 0.15) is 23.4 Å². The fraction of sp³-hybridized carbons (Fsp3) is 0.375. The molecule has 2 aromatic rings. The van der Waals surface area contributed by atoms with E-state index in [0.717, 1.165) is 10.4 Å². The maximum absolute atomic E-state index is 13.1. The van der Waals surface area contributed by atoms with Crippen molar-refractivity contribution in [1.29, 1.82) is 0 Å². The first kappa shape index (κ1) is 16.1. The molecular weight excluding hydrogens is 289 g/mol. The summed E-state index contributed by atoms with van der Waals surface area (Å²) in [5.41, 5.74) is 0.863. The molecule has 0 aliphatic rings. The quantitative estimate of drug-likeness (QED) is 0.787. The minimum atomic E-state index is -0.582. The fourth-order valence-electron chi connectivity index (χ4n) is 1.96. The van der Waals surface area contributed by atoms with Crippen molar-refractivity contribution >= 4 is 11.3 Å². The van der Waals surface area contributed by atoms with Crippen molar-refractivity contribution in [3.05, 3.63) is 58.0 Å². The standard InChI is InChI=1S/C16H20FNO2S/c1-12(13-4-2-5-14(17)8-13)18-9-15(19)10-20-11-16-6-3-7-21-16/h2-8,12,15,18-19H,9-11H2,1H3/t12-,15?/m0/s1. The summed E-state index contributed by atoms with van der Waals surface area (Å²) in [6, 6.07) is 10.4. The molecule has 0 aliphatic carbocycles. The smallest absolute Gasteiger partial charge is 0.123 e. The SMILES string of the molecule is C[C@H](NCC(O)COCc1cccs1)c1cccc(F)c1. The van der Waals surface area contributed by atoms with E-state index in [1.165, 1.54) is 12.1 Å². The summed E-state index contributed by atoms with van der Waals surface area (Å²) in [6.45, 7) is 3.14. The third kappa shape index (κ3) is 5.55. The zero-order chi connectivity index (χ0) is 15.1. The number of rotatable bonds is 8. The number of aliphatic hydroxyl groups excluding tert-OH is 1. The average Bonchev–Trinajstić information content (AvgIpc) is 2.98. The van der Waals surface area contributed by atoms with Crippen LogP contribution in [-0.4, -0.2) is 24.4 Å². The van der Waals surface area contributed by atoms with E-state index in [1.807, 2.05) is 30.5 Å². The number of benzene rings is 1. The molecule has 0 amide bonds. The van der Waals surface area contributed by atoms with Crippen molar-refractivity contribution in [2.24, 2.45) is 0 Å². The summed E-state index contributed by atoms with van der Waals surface area (Å²) in [4.78, 5) is 1.14. The van der Waals surface area contributed by atoms with Crippen LogP contribution >= 0.6 is 11.3 Å². The van der Waals surface area contributed by atoms with Crippen molar-refractivity contribution in [2.45, 2.75) is 25.7 Å². The van der Waals surface area contributed by atoms with Gasteiger partial charge in [-0.3, -0.25) is 0 Å². The van der Waals surface area contributed by atoms with Crippen LogP contribution in [0.3, 0.4) is 0 Å². The predicted molar refractivity (Wildman–Crippen MR) is 82.8 cm³/mol. The Kier molecular flexibility index (Phi) is 6.32. The van der Waals surface area contributed by atoms with Gasteiger partial charge in [-0.15, -0.1) is 11.3 Å². The van der Waals surface area contributed by atoms with Crippen LogP contribution in [-0.2, 0) is 11.3 Å². The van der Waals surface area contributed by atoms with Gasteiger partial charge in [-0.25, -0.2) is 4.39 Å². The molecule has 0 spiro atoms. The third-order valence-corrected chi connectivity index (χ3v) is 3.99. The normalized spacial score (nSPS) is 14.0. The van der Waals surface area contributed by atoms with Gasteiger partial charge >= 0.3 is 0 Å². The molecule has 0 saturated heterocycles. The van der Waals surface area contributed by atoms with Crippen LogP contribution in [0.25, 0.3) is 0 Å². The molecule has 2 rings (SSSR count). The van der Waals surface area contributed by atoms with Gasteiger partial charge in [0.2, 0.25) is 0 Å². The van der Waals surface area contributed by atoms with Crippen LogP contribution in [0.15, 0.2) is 41.8 Å². The Morgan fingerprint density at radius 1 is 1.33 bits per heavy atom. The van der Waals surface area contributed by atoms with E-state index in [0.29, 0.717) is 13.2 Å². The molecule has 1 aromatic carbocycles. The zero-order valence-corrected chi connectivity index (χ0v) is 12.8. The maximum atomic E-state index is 13.1. The summed E-state index contributed by atoms with van der Waals surface area (Å²) in [5, 5.41) is 15.0. The van der Waals surface area contributed by atoms with Gasteiger partial charge in [-0.2, -0.15) is 0 Å². The van der Waals surface area contributed by atoms with Gasteiger partial charge in [0.05, 0.1) is 19.3 Å². The van der Waals surface area contributed by atoms with E-state index < -0.39 is 6.10 Å². The fourth-order valence-corrected chi connectivity index (χ4v) is 2.60. The number of hydrogen-bond donors (Lipinski definition) is 2. The number of halogens is 1. The molecule has 0 bridgehead atoms. The van der Waals surface area contributed by atoms with Gasteiger partial charge in [0.15, 0.2) is 0 Å². The second kappa shape index (κ2) is 8.24.